The second-order valence-electron chi connectivity index (χ2n) is 3.20. The van der Waals surface area contributed by atoms with E-state index in [2.05, 4.69) is 9.17 Å². The maximum absolute atomic E-state index is 12.0. The van der Waals surface area contributed by atoms with Crippen molar-refractivity contribution >= 4 is 21.0 Å². The van der Waals surface area contributed by atoms with Gasteiger partial charge < -0.3 is 9.17 Å². The van der Waals surface area contributed by atoms with E-state index in [0.29, 0.717) is 10.9 Å². The lowest BCUT2D eigenvalue weighted by Crippen LogP contribution is -2.28. The van der Waals surface area contributed by atoms with Crippen LogP contribution in [0.3, 0.4) is 0 Å². The summed E-state index contributed by atoms with van der Waals surface area (Å²) in [4.78, 5) is 2.42. The van der Waals surface area contributed by atoms with Crippen LogP contribution >= 0.6 is 0 Å². The van der Waals surface area contributed by atoms with E-state index in [1.54, 1.807) is 24.3 Å². The van der Waals surface area contributed by atoms with E-state index >= 15 is 0 Å². The molecule has 0 fully saturated rings. The zero-order valence-electron chi connectivity index (χ0n) is 8.15. The summed E-state index contributed by atoms with van der Waals surface area (Å²) in [6.45, 7) is 0. The summed E-state index contributed by atoms with van der Waals surface area (Å²) in [7, 11) is -5.63. The van der Waals surface area contributed by atoms with Gasteiger partial charge in [0.15, 0.2) is 0 Å². The molecule has 0 radical (unpaired) electrons. The van der Waals surface area contributed by atoms with E-state index in [1.165, 1.54) is 6.07 Å². The molecule has 1 aromatic heterocycles. The van der Waals surface area contributed by atoms with Crippen LogP contribution in [0.4, 0.5) is 13.2 Å². The minimum Gasteiger partial charge on any atom is -0.357 e. The number of nitrogens with one attached hydrogen (secondary N) is 1. The van der Waals surface area contributed by atoms with Crippen molar-refractivity contribution in [2.75, 3.05) is 0 Å². The van der Waals surface area contributed by atoms with Crippen LogP contribution < -0.4 is 4.18 Å². The van der Waals surface area contributed by atoms with Gasteiger partial charge in [0.1, 0.15) is 0 Å². The molecule has 0 saturated carbocycles. The normalized spacial score (nSPS) is 12.9. The van der Waals surface area contributed by atoms with Gasteiger partial charge in [-0.05, 0) is 6.07 Å². The Morgan fingerprint density at radius 2 is 1.82 bits per heavy atom. The Hall–Kier alpha value is -1.70. The van der Waals surface area contributed by atoms with Crippen molar-refractivity contribution in [1.82, 2.24) is 4.98 Å². The quantitative estimate of drug-likeness (QED) is 0.670. The van der Waals surface area contributed by atoms with E-state index in [0.717, 1.165) is 0 Å². The number of halogens is 3. The van der Waals surface area contributed by atoms with Crippen LogP contribution in [0, 0.1) is 0 Å². The van der Waals surface area contributed by atoms with Crippen molar-refractivity contribution in [2.24, 2.45) is 0 Å². The monoisotopic (exact) mass is 265 g/mol. The molecule has 0 unspecified atom stereocenters. The molecule has 0 aliphatic carbocycles. The van der Waals surface area contributed by atoms with Crippen LogP contribution in [-0.2, 0) is 10.1 Å². The molecule has 1 N–H and O–H groups in total. The average molecular weight is 265 g/mol. The lowest BCUT2D eigenvalue weighted by molar-refractivity contribution is -0.0501. The molecule has 92 valence electrons. The van der Waals surface area contributed by atoms with Gasteiger partial charge in [-0.3, -0.25) is 0 Å². The first-order valence-corrected chi connectivity index (χ1v) is 5.79. The summed E-state index contributed by atoms with van der Waals surface area (Å²) in [6.07, 6.45) is 0. The molecule has 0 aliphatic rings. The third-order valence-electron chi connectivity index (χ3n) is 1.99. The molecule has 8 heteroatoms. The second kappa shape index (κ2) is 3.66. The molecule has 2 aromatic rings. The highest BCUT2D eigenvalue weighted by atomic mass is 32.2. The van der Waals surface area contributed by atoms with Crippen LogP contribution in [0.25, 0.3) is 10.9 Å². The highest BCUT2D eigenvalue weighted by molar-refractivity contribution is 7.87. The summed E-state index contributed by atoms with van der Waals surface area (Å²) in [6, 6.07) is 7.69. The predicted molar refractivity (Wildman–Crippen MR) is 53.9 cm³/mol. The zero-order chi connectivity index (χ0) is 12.7. The predicted octanol–water partition coefficient (Wildman–Crippen LogP) is 2.40. The summed E-state index contributed by atoms with van der Waals surface area (Å²) in [5.41, 5.74) is -4.95. The maximum Gasteiger partial charge on any atom is 0.534 e. The van der Waals surface area contributed by atoms with Crippen LogP contribution in [0.2, 0.25) is 0 Å². The van der Waals surface area contributed by atoms with Gasteiger partial charge in [0, 0.05) is 17.0 Å². The molecule has 0 amide bonds. The Kier molecular flexibility index (Phi) is 2.53. The molecule has 1 heterocycles. The van der Waals surface area contributed by atoms with Gasteiger partial charge in [0.25, 0.3) is 0 Å². The molecule has 17 heavy (non-hydrogen) atoms. The van der Waals surface area contributed by atoms with E-state index in [1.807, 2.05) is 0 Å². The average Bonchev–Trinajstić information content (AvgIpc) is 2.56. The fourth-order valence-corrected chi connectivity index (χ4v) is 1.68. The number of hydrogen-bond donors (Lipinski definition) is 1. The first-order chi connectivity index (χ1) is 7.79. The van der Waals surface area contributed by atoms with Gasteiger partial charge in [-0.2, -0.15) is 21.6 Å². The number of aromatic amines is 1. The number of para-hydroxylation sites is 1. The maximum atomic E-state index is 12.0. The summed E-state index contributed by atoms with van der Waals surface area (Å²) in [5.74, 6) is -0.469. The van der Waals surface area contributed by atoms with Crippen molar-refractivity contribution in [1.29, 1.82) is 0 Å². The highest BCUT2D eigenvalue weighted by Crippen LogP contribution is 2.28. The van der Waals surface area contributed by atoms with Gasteiger partial charge in [-0.15, -0.1) is 0 Å². The highest BCUT2D eigenvalue weighted by Gasteiger charge is 2.48. The minimum absolute atomic E-state index is 0.469. The Morgan fingerprint density at radius 3 is 2.41 bits per heavy atom. The molecule has 1 aromatic carbocycles. The topological polar surface area (TPSA) is 59.2 Å². The Morgan fingerprint density at radius 1 is 1.18 bits per heavy atom. The fraction of sp³-hybridized carbons (Fsp3) is 0.111. The number of aromatic nitrogens is 1. The number of fused-ring (bicyclic) bond motifs is 1. The second-order valence-corrected chi connectivity index (χ2v) is 4.74. The summed E-state index contributed by atoms with van der Waals surface area (Å²) < 4.78 is 61.5. The van der Waals surface area contributed by atoms with Crippen molar-refractivity contribution in [3.63, 3.8) is 0 Å². The summed E-state index contributed by atoms with van der Waals surface area (Å²) >= 11 is 0. The van der Waals surface area contributed by atoms with Crippen molar-refractivity contribution < 1.29 is 25.8 Å². The van der Waals surface area contributed by atoms with Crippen molar-refractivity contribution in [3.8, 4) is 5.88 Å². The van der Waals surface area contributed by atoms with E-state index in [-0.39, 0.29) is 0 Å². The zero-order valence-corrected chi connectivity index (χ0v) is 8.97. The molecule has 0 bridgehead atoms. The first kappa shape index (κ1) is 11.8. The number of hydrogen-bond acceptors (Lipinski definition) is 3. The fourth-order valence-electron chi connectivity index (χ4n) is 1.26. The van der Waals surface area contributed by atoms with Crippen LogP contribution in [0.1, 0.15) is 0 Å². The van der Waals surface area contributed by atoms with Crippen LogP contribution in [0.15, 0.2) is 30.3 Å². The lowest BCUT2D eigenvalue weighted by atomic mass is 10.3. The molecule has 2 rings (SSSR count). The molecule has 0 aliphatic heterocycles. The van der Waals surface area contributed by atoms with Gasteiger partial charge in [0.2, 0.25) is 5.88 Å². The molecule has 0 atom stereocenters. The Balaban J connectivity index is 2.37. The van der Waals surface area contributed by atoms with Crippen LogP contribution in [0.5, 0.6) is 5.88 Å². The molecular formula is C9H6F3NO3S. The largest absolute Gasteiger partial charge is 0.534 e. The molecule has 0 saturated heterocycles. The standard InChI is InChI=1S/C9H6F3NO3S/c10-9(11,12)17(14,15)16-8-5-6-3-1-2-4-7(6)13-8/h1-5,13H. The molecule has 0 spiro atoms. The smallest absolute Gasteiger partial charge is 0.357 e. The first-order valence-electron chi connectivity index (χ1n) is 4.38. The minimum atomic E-state index is -5.63. The number of rotatable bonds is 2. The third-order valence-corrected chi connectivity index (χ3v) is 2.95. The SMILES string of the molecule is O=S(=O)(Oc1cc2ccccc2[nH]1)C(F)(F)F. The van der Waals surface area contributed by atoms with Gasteiger partial charge in [-0.25, -0.2) is 0 Å². The van der Waals surface area contributed by atoms with E-state index in [9.17, 15) is 21.6 Å². The number of alkyl halides is 3. The van der Waals surface area contributed by atoms with Gasteiger partial charge in [-0.1, -0.05) is 18.2 Å². The van der Waals surface area contributed by atoms with Crippen LogP contribution in [-0.4, -0.2) is 18.9 Å². The Labute approximate surface area is 94.1 Å². The van der Waals surface area contributed by atoms with Gasteiger partial charge >= 0.3 is 15.6 Å². The van der Waals surface area contributed by atoms with E-state index in [4.69, 9.17) is 0 Å². The number of benzene rings is 1. The van der Waals surface area contributed by atoms with E-state index < -0.39 is 21.5 Å². The third kappa shape index (κ3) is 2.21. The number of H-pyrrole nitrogens is 1. The molecule has 4 nitrogen and oxygen atoms in total. The van der Waals surface area contributed by atoms with Crippen molar-refractivity contribution in [3.05, 3.63) is 30.3 Å². The molecular weight excluding hydrogens is 259 g/mol. The van der Waals surface area contributed by atoms with Gasteiger partial charge in [0.05, 0.1) is 0 Å². The Bertz CT molecular complexity index is 612. The lowest BCUT2D eigenvalue weighted by Gasteiger charge is -2.06. The summed E-state index contributed by atoms with van der Waals surface area (Å²) in [5, 5.41) is 0.555. The van der Waals surface area contributed by atoms with Crippen molar-refractivity contribution in [2.45, 2.75) is 5.51 Å².